The fourth-order valence-corrected chi connectivity index (χ4v) is 3.85. The molecule has 2 aromatic rings. The largest absolute Gasteiger partial charge is 0.422 e. The van der Waals surface area contributed by atoms with Crippen LogP contribution in [0.4, 0.5) is 0 Å². The summed E-state index contributed by atoms with van der Waals surface area (Å²) < 4.78 is 6.12. The smallest absolute Gasteiger partial charge is 0.172 e. The van der Waals surface area contributed by atoms with Crippen molar-refractivity contribution in [3.05, 3.63) is 96.1 Å². The van der Waals surface area contributed by atoms with Crippen molar-refractivity contribution < 1.29 is 4.43 Å². The van der Waals surface area contributed by atoms with Crippen LogP contribution in [0.5, 0.6) is 0 Å². The molecule has 0 fully saturated rings. The van der Waals surface area contributed by atoms with Gasteiger partial charge in [-0.3, -0.25) is 0 Å². The summed E-state index contributed by atoms with van der Waals surface area (Å²) in [6, 6.07) is 21.3. The lowest BCUT2D eigenvalue weighted by Gasteiger charge is -2.19. The first-order chi connectivity index (χ1) is 10.4. The molecule has 2 heteroatoms. The third-order valence-corrected chi connectivity index (χ3v) is 5.23. The lowest BCUT2D eigenvalue weighted by atomic mass is 9.92. The van der Waals surface area contributed by atoms with E-state index in [0.717, 1.165) is 6.61 Å². The van der Waals surface area contributed by atoms with Crippen molar-refractivity contribution in [2.24, 2.45) is 0 Å². The van der Waals surface area contributed by atoms with Gasteiger partial charge in [0.05, 0.1) is 0 Å². The zero-order valence-electron chi connectivity index (χ0n) is 12.1. The summed E-state index contributed by atoms with van der Waals surface area (Å²) in [4.78, 5) is 0. The van der Waals surface area contributed by atoms with Gasteiger partial charge >= 0.3 is 0 Å². The lowest BCUT2D eigenvalue weighted by molar-refractivity contribution is 0.318. The molecular weight excluding hydrogens is 272 g/mol. The van der Waals surface area contributed by atoms with Crippen molar-refractivity contribution in [1.29, 1.82) is 0 Å². The summed E-state index contributed by atoms with van der Waals surface area (Å²) in [6.45, 7) is 0.776. The van der Waals surface area contributed by atoms with Gasteiger partial charge in [-0.25, -0.2) is 0 Å². The fraction of sp³-hybridized carbons (Fsp3) is 0.158. The highest BCUT2D eigenvalue weighted by Gasteiger charge is 2.15. The second-order valence-corrected chi connectivity index (χ2v) is 7.03. The Morgan fingerprint density at radius 2 is 1.33 bits per heavy atom. The molecule has 1 nitrogen and oxygen atoms in total. The van der Waals surface area contributed by atoms with Crippen LogP contribution in [0.3, 0.4) is 0 Å². The molecule has 0 saturated heterocycles. The van der Waals surface area contributed by atoms with Gasteiger partial charge in [0.1, 0.15) is 0 Å². The summed E-state index contributed by atoms with van der Waals surface area (Å²) in [5.74, 6) is 0.328. The number of hydrogen-bond acceptors (Lipinski definition) is 1. The van der Waals surface area contributed by atoms with Gasteiger partial charge in [0.25, 0.3) is 0 Å². The molecule has 0 heterocycles. The van der Waals surface area contributed by atoms with Crippen LogP contribution in [0.1, 0.15) is 17.0 Å². The van der Waals surface area contributed by atoms with Crippen LogP contribution >= 0.6 is 0 Å². The van der Waals surface area contributed by atoms with Crippen molar-refractivity contribution in [2.75, 3.05) is 6.61 Å². The molecular formula is C19H20OSi. The van der Waals surface area contributed by atoms with Crippen LogP contribution < -0.4 is 0 Å². The number of hydrogen-bond donors (Lipinski definition) is 0. The SMILES string of the molecule is C1=CC([SiH2]OCC(c2ccccc2)c2ccccc2)C=C1. The highest BCUT2D eigenvalue weighted by Crippen LogP contribution is 2.25. The van der Waals surface area contributed by atoms with Crippen molar-refractivity contribution in [3.63, 3.8) is 0 Å². The van der Waals surface area contributed by atoms with E-state index in [2.05, 4.69) is 85.0 Å². The Morgan fingerprint density at radius 3 is 1.86 bits per heavy atom. The maximum Gasteiger partial charge on any atom is 0.172 e. The Kier molecular flexibility index (Phi) is 4.82. The van der Waals surface area contributed by atoms with E-state index in [0.29, 0.717) is 11.5 Å². The summed E-state index contributed by atoms with van der Waals surface area (Å²) in [7, 11) is -0.538. The molecule has 0 N–H and O–H groups in total. The highest BCUT2D eigenvalue weighted by atomic mass is 28.2. The molecule has 0 radical (unpaired) electrons. The normalized spacial score (nSPS) is 14.7. The average Bonchev–Trinajstić information content (AvgIpc) is 3.07. The van der Waals surface area contributed by atoms with Crippen LogP contribution in [0, 0.1) is 0 Å². The zero-order chi connectivity index (χ0) is 14.3. The van der Waals surface area contributed by atoms with Gasteiger partial charge in [0.15, 0.2) is 9.76 Å². The van der Waals surface area contributed by atoms with Gasteiger partial charge in [-0.2, -0.15) is 0 Å². The molecule has 2 aromatic carbocycles. The minimum atomic E-state index is -0.538. The Morgan fingerprint density at radius 1 is 0.810 bits per heavy atom. The molecule has 0 aliphatic heterocycles. The Balaban J connectivity index is 1.70. The first-order valence-corrected chi connectivity index (χ1v) is 8.85. The van der Waals surface area contributed by atoms with Gasteiger partial charge in [-0.05, 0) is 11.1 Å². The predicted octanol–water partition coefficient (Wildman–Crippen LogP) is 3.83. The molecule has 0 unspecified atom stereocenters. The number of benzene rings is 2. The van der Waals surface area contributed by atoms with Crippen LogP contribution in [0.15, 0.2) is 85.0 Å². The van der Waals surface area contributed by atoms with Crippen molar-refractivity contribution >= 4 is 9.76 Å². The van der Waals surface area contributed by atoms with Gasteiger partial charge in [-0.15, -0.1) is 0 Å². The van der Waals surface area contributed by atoms with Crippen LogP contribution in [0.2, 0.25) is 5.54 Å². The van der Waals surface area contributed by atoms with Crippen molar-refractivity contribution in [2.45, 2.75) is 11.5 Å². The average molecular weight is 292 g/mol. The second-order valence-electron chi connectivity index (χ2n) is 5.35. The molecule has 21 heavy (non-hydrogen) atoms. The van der Waals surface area contributed by atoms with E-state index in [1.165, 1.54) is 11.1 Å². The minimum absolute atomic E-state index is 0.328. The maximum absolute atomic E-state index is 6.12. The molecule has 0 aromatic heterocycles. The van der Waals surface area contributed by atoms with E-state index < -0.39 is 9.76 Å². The van der Waals surface area contributed by atoms with Crippen molar-refractivity contribution in [1.82, 2.24) is 0 Å². The lowest BCUT2D eigenvalue weighted by Crippen LogP contribution is -2.13. The van der Waals surface area contributed by atoms with E-state index in [9.17, 15) is 0 Å². The van der Waals surface area contributed by atoms with E-state index in [4.69, 9.17) is 4.43 Å². The third kappa shape index (κ3) is 3.81. The summed E-state index contributed by atoms with van der Waals surface area (Å²) >= 11 is 0. The Hall–Kier alpha value is -1.90. The van der Waals surface area contributed by atoms with Crippen LogP contribution in [0.25, 0.3) is 0 Å². The minimum Gasteiger partial charge on any atom is -0.422 e. The quantitative estimate of drug-likeness (QED) is 0.735. The van der Waals surface area contributed by atoms with Crippen LogP contribution in [-0.2, 0) is 4.43 Å². The molecule has 0 bridgehead atoms. The Labute approximate surface area is 128 Å². The van der Waals surface area contributed by atoms with E-state index in [1.807, 2.05) is 0 Å². The van der Waals surface area contributed by atoms with Crippen LogP contribution in [-0.4, -0.2) is 16.4 Å². The topological polar surface area (TPSA) is 9.23 Å². The molecule has 106 valence electrons. The molecule has 1 aliphatic rings. The van der Waals surface area contributed by atoms with E-state index in [1.54, 1.807) is 0 Å². The van der Waals surface area contributed by atoms with Gasteiger partial charge in [0, 0.05) is 18.1 Å². The summed E-state index contributed by atoms with van der Waals surface area (Å²) in [6.07, 6.45) is 8.72. The molecule has 1 aliphatic carbocycles. The number of rotatable bonds is 6. The van der Waals surface area contributed by atoms with Gasteiger partial charge in [0.2, 0.25) is 0 Å². The zero-order valence-corrected chi connectivity index (χ0v) is 13.5. The van der Waals surface area contributed by atoms with E-state index >= 15 is 0 Å². The fourth-order valence-electron chi connectivity index (χ4n) is 2.67. The van der Waals surface area contributed by atoms with Crippen molar-refractivity contribution in [3.8, 4) is 0 Å². The third-order valence-electron chi connectivity index (χ3n) is 3.83. The monoisotopic (exact) mass is 292 g/mol. The van der Waals surface area contributed by atoms with Gasteiger partial charge < -0.3 is 4.43 Å². The first-order valence-electron chi connectivity index (χ1n) is 7.46. The molecule has 0 saturated carbocycles. The summed E-state index contributed by atoms with van der Waals surface area (Å²) in [5.41, 5.74) is 3.22. The summed E-state index contributed by atoms with van der Waals surface area (Å²) in [5, 5.41) is 0. The van der Waals surface area contributed by atoms with Gasteiger partial charge in [-0.1, -0.05) is 85.0 Å². The molecule has 0 amide bonds. The molecule has 0 atom stereocenters. The predicted molar refractivity (Wildman–Crippen MR) is 91.3 cm³/mol. The molecule has 0 spiro atoms. The second kappa shape index (κ2) is 7.20. The standard InChI is InChI=1S/C19H20OSi/c1-3-9-16(10-4-1)19(17-11-5-2-6-12-17)15-20-21-18-13-7-8-14-18/h1-14,18-19H,15,21H2. The first kappa shape index (κ1) is 14.1. The van der Waals surface area contributed by atoms with E-state index in [-0.39, 0.29) is 0 Å². The Bertz CT molecular complexity index is 552. The number of allylic oxidation sites excluding steroid dienone is 4. The maximum atomic E-state index is 6.12. The highest BCUT2D eigenvalue weighted by molar-refractivity contribution is 6.31. The molecule has 3 rings (SSSR count).